The van der Waals surface area contributed by atoms with Crippen LogP contribution in [0.3, 0.4) is 0 Å². The van der Waals surface area contributed by atoms with Gasteiger partial charge >= 0.3 is 0 Å². The zero-order valence-corrected chi connectivity index (χ0v) is 7.74. The molecule has 0 aromatic heterocycles. The predicted molar refractivity (Wildman–Crippen MR) is 47.0 cm³/mol. The number of thioether (sulfide) groups is 1. The van der Waals surface area contributed by atoms with Crippen molar-refractivity contribution in [2.24, 2.45) is 5.92 Å². The first-order valence-electron chi connectivity index (χ1n) is 3.63. The van der Waals surface area contributed by atoms with Gasteiger partial charge in [0.1, 0.15) is 0 Å². The van der Waals surface area contributed by atoms with Gasteiger partial charge in [0.2, 0.25) is 0 Å². The van der Waals surface area contributed by atoms with Crippen LogP contribution in [0.25, 0.3) is 0 Å². The molecule has 0 saturated heterocycles. The third-order valence-corrected chi connectivity index (χ3v) is 2.34. The molecule has 0 amide bonds. The number of hydrogen-bond donors (Lipinski definition) is 0. The average Bonchev–Trinajstić information content (AvgIpc) is 1.90. The predicted octanol–water partition coefficient (Wildman–Crippen LogP) is 2.68. The van der Waals surface area contributed by atoms with Gasteiger partial charge in [-0.05, 0) is 25.0 Å². The summed E-state index contributed by atoms with van der Waals surface area (Å²) in [6.07, 6.45) is 4.20. The number of nitriles is 1. The molecule has 0 fully saturated rings. The van der Waals surface area contributed by atoms with E-state index >= 15 is 0 Å². The van der Waals surface area contributed by atoms with Gasteiger partial charge in [-0.15, -0.1) is 11.8 Å². The van der Waals surface area contributed by atoms with Crippen LogP contribution in [0.2, 0.25) is 0 Å². The summed E-state index contributed by atoms with van der Waals surface area (Å²) >= 11 is 1.65. The van der Waals surface area contributed by atoms with Gasteiger partial charge in [-0.25, -0.2) is 0 Å². The Balaban J connectivity index is 3.38. The summed E-state index contributed by atoms with van der Waals surface area (Å²) in [6.45, 7) is 4.38. The second kappa shape index (κ2) is 5.61. The quantitative estimate of drug-likeness (QED) is 0.626. The molecule has 0 rings (SSSR count). The van der Waals surface area contributed by atoms with E-state index in [2.05, 4.69) is 19.9 Å². The zero-order chi connectivity index (χ0) is 7.98. The minimum atomic E-state index is 0.211. The SMILES string of the molecule is CSC(C#N)CCC(C)C. The van der Waals surface area contributed by atoms with E-state index in [1.807, 2.05) is 6.26 Å². The maximum atomic E-state index is 8.57. The molecule has 10 heavy (non-hydrogen) atoms. The van der Waals surface area contributed by atoms with Crippen molar-refractivity contribution in [1.29, 1.82) is 5.26 Å². The Morgan fingerprint density at radius 2 is 2.00 bits per heavy atom. The van der Waals surface area contributed by atoms with Crippen LogP contribution in [-0.2, 0) is 0 Å². The maximum Gasteiger partial charge on any atom is 0.0914 e. The summed E-state index contributed by atoms with van der Waals surface area (Å²) in [5.74, 6) is 0.725. The van der Waals surface area contributed by atoms with Crippen molar-refractivity contribution in [2.75, 3.05) is 6.26 Å². The average molecular weight is 157 g/mol. The summed E-state index contributed by atoms with van der Waals surface area (Å²) in [4.78, 5) is 0. The van der Waals surface area contributed by atoms with E-state index in [0.29, 0.717) is 0 Å². The summed E-state index contributed by atoms with van der Waals surface area (Å²) < 4.78 is 0. The van der Waals surface area contributed by atoms with Crippen molar-refractivity contribution < 1.29 is 0 Å². The molecule has 0 bridgehead atoms. The van der Waals surface area contributed by atoms with E-state index in [-0.39, 0.29) is 5.25 Å². The molecule has 0 aliphatic rings. The molecule has 58 valence electrons. The molecule has 1 atom stereocenters. The lowest BCUT2D eigenvalue weighted by Crippen LogP contribution is -2.00. The first-order valence-corrected chi connectivity index (χ1v) is 4.92. The minimum absolute atomic E-state index is 0.211. The molecular weight excluding hydrogens is 142 g/mol. The lowest BCUT2D eigenvalue weighted by atomic mass is 10.1. The molecule has 0 N–H and O–H groups in total. The molecule has 2 heteroatoms. The zero-order valence-electron chi connectivity index (χ0n) is 6.92. The summed E-state index contributed by atoms with van der Waals surface area (Å²) in [5.41, 5.74) is 0. The van der Waals surface area contributed by atoms with Crippen molar-refractivity contribution in [1.82, 2.24) is 0 Å². The Hall–Kier alpha value is -0.160. The maximum absolute atomic E-state index is 8.57. The molecule has 0 radical (unpaired) electrons. The first kappa shape index (κ1) is 9.84. The number of hydrogen-bond acceptors (Lipinski definition) is 2. The van der Waals surface area contributed by atoms with Crippen molar-refractivity contribution >= 4 is 11.8 Å². The smallest absolute Gasteiger partial charge is 0.0914 e. The molecule has 0 aliphatic carbocycles. The fraction of sp³-hybridized carbons (Fsp3) is 0.875. The van der Waals surface area contributed by atoms with Crippen LogP contribution in [0.5, 0.6) is 0 Å². The van der Waals surface area contributed by atoms with Gasteiger partial charge < -0.3 is 0 Å². The Morgan fingerprint density at radius 3 is 2.30 bits per heavy atom. The summed E-state index contributed by atoms with van der Waals surface area (Å²) in [5, 5.41) is 8.78. The van der Waals surface area contributed by atoms with Crippen LogP contribution in [0.15, 0.2) is 0 Å². The molecule has 1 nitrogen and oxygen atoms in total. The van der Waals surface area contributed by atoms with Crippen molar-refractivity contribution in [3.05, 3.63) is 0 Å². The largest absolute Gasteiger partial charge is 0.197 e. The van der Waals surface area contributed by atoms with Crippen molar-refractivity contribution in [2.45, 2.75) is 31.9 Å². The molecule has 0 aromatic carbocycles. The fourth-order valence-electron chi connectivity index (χ4n) is 0.720. The number of rotatable bonds is 4. The van der Waals surface area contributed by atoms with Gasteiger partial charge in [-0.3, -0.25) is 0 Å². The molecule has 0 aliphatic heterocycles. The first-order chi connectivity index (χ1) is 4.70. The minimum Gasteiger partial charge on any atom is -0.197 e. The van der Waals surface area contributed by atoms with Crippen LogP contribution in [0.4, 0.5) is 0 Å². The Morgan fingerprint density at radius 1 is 1.40 bits per heavy atom. The molecule has 0 heterocycles. The Kier molecular flexibility index (Phi) is 5.52. The fourth-order valence-corrected chi connectivity index (χ4v) is 1.20. The lowest BCUT2D eigenvalue weighted by molar-refractivity contribution is 0.566. The second-order valence-electron chi connectivity index (χ2n) is 2.82. The highest BCUT2D eigenvalue weighted by atomic mass is 32.2. The third-order valence-electron chi connectivity index (χ3n) is 1.43. The van der Waals surface area contributed by atoms with E-state index in [0.717, 1.165) is 12.3 Å². The van der Waals surface area contributed by atoms with Gasteiger partial charge in [0.25, 0.3) is 0 Å². The van der Waals surface area contributed by atoms with Gasteiger partial charge in [-0.1, -0.05) is 13.8 Å². The van der Waals surface area contributed by atoms with Crippen LogP contribution in [0, 0.1) is 17.2 Å². The standard InChI is InChI=1S/C8H15NS/c1-7(2)4-5-8(6-9)10-3/h7-8H,4-5H2,1-3H3. The van der Waals surface area contributed by atoms with Gasteiger partial charge in [-0.2, -0.15) is 5.26 Å². The highest BCUT2D eigenvalue weighted by molar-refractivity contribution is 7.99. The van der Waals surface area contributed by atoms with Gasteiger partial charge in [0.05, 0.1) is 11.3 Å². The molecule has 1 unspecified atom stereocenters. The highest BCUT2D eigenvalue weighted by Gasteiger charge is 2.04. The Bertz CT molecular complexity index is 115. The topological polar surface area (TPSA) is 23.8 Å². The van der Waals surface area contributed by atoms with E-state index in [9.17, 15) is 0 Å². The Labute approximate surface area is 67.8 Å². The molecular formula is C8H15NS. The van der Waals surface area contributed by atoms with Crippen LogP contribution < -0.4 is 0 Å². The van der Waals surface area contributed by atoms with Crippen LogP contribution >= 0.6 is 11.8 Å². The van der Waals surface area contributed by atoms with Gasteiger partial charge in [0.15, 0.2) is 0 Å². The highest BCUT2D eigenvalue weighted by Crippen LogP contribution is 2.15. The van der Waals surface area contributed by atoms with Crippen molar-refractivity contribution in [3.8, 4) is 6.07 Å². The van der Waals surface area contributed by atoms with E-state index in [4.69, 9.17) is 5.26 Å². The van der Waals surface area contributed by atoms with Gasteiger partial charge in [0, 0.05) is 0 Å². The summed E-state index contributed by atoms with van der Waals surface area (Å²) in [6, 6.07) is 2.27. The normalized spacial score (nSPS) is 13.1. The monoisotopic (exact) mass is 157 g/mol. The summed E-state index contributed by atoms with van der Waals surface area (Å²) in [7, 11) is 0. The molecule has 0 saturated carbocycles. The van der Waals surface area contributed by atoms with Crippen LogP contribution in [-0.4, -0.2) is 11.5 Å². The second-order valence-corrected chi connectivity index (χ2v) is 3.87. The number of nitrogens with zero attached hydrogens (tertiary/aromatic N) is 1. The lowest BCUT2D eigenvalue weighted by Gasteiger charge is -2.06. The van der Waals surface area contributed by atoms with E-state index in [1.54, 1.807) is 11.8 Å². The van der Waals surface area contributed by atoms with E-state index < -0.39 is 0 Å². The third kappa shape index (κ3) is 4.69. The molecule has 0 spiro atoms. The van der Waals surface area contributed by atoms with Crippen LogP contribution in [0.1, 0.15) is 26.7 Å². The molecule has 0 aromatic rings. The van der Waals surface area contributed by atoms with Crippen molar-refractivity contribution in [3.63, 3.8) is 0 Å². The van der Waals surface area contributed by atoms with E-state index in [1.165, 1.54) is 6.42 Å².